The summed E-state index contributed by atoms with van der Waals surface area (Å²) >= 11 is 0. The van der Waals surface area contributed by atoms with E-state index in [1.165, 1.54) is 367 Å². The summed E-state index contributed by atoms with van der Waals surface area (Å²) in [5.74, 6) is 16.0. The molecule has 544 valence electrons. The van der Waals surface area contributed by atoms with Crippen LogP contribution in [0.15, 0.2) is 59.7 Å². The zero-order valence-corrected chi connectivity index (χ0v) is 65.2. The summed E-state index contributed by atoms with van der Waals surface area (Å²) in [6.45, 7) is 14.0. The van der Waals surface area contributed by atoms with Crippen molar-refractivity contribution in [2.24, 2.45) is 11.8 Å². The first-order valence-corrected chi connectivity index (χ1v) is 42.6. The van der Waals surface area contributed by atoms with Crippen molar-refractivity contribution in [3.8, 4) is 23.7 Å². The van der Waals surface area contributed by atoms with Crippen LogP contribution in [0.3, 0.4) is 0 Å². The van der Waals surface area contributed by atoms with Gasteiger partial charge in [0.05, 0.1) is 0 Å². The molecule has 0 fully saturated rings. The van der Waals surface area contributed by atoms with Gasteiger partial charge in [-0.1, -0.05) is 386 Å². The molecular formula is C92H156N2Ni. The molecule has 3 rings (SSSR count). The summed E-state index contributed by atoms with van der Waals surface area (Å²) in [6.07, 6.45) is 84.6. The molecule has 2 atom stereocenters. The van der Waals surface area contributed by atoms with E-state index < -0.39 is 0 Å². The predicted molar refractivity (Wildman–Crippen MR) is 421 cm³/mol. The molecule has 0 aromatic heterocycles. The number of unbranched alkanes of at least 4 members (excludes halogenated alkanes) is 48. The molecule has 0 N–H and O–H groups in total. The molecule has 3 heteroatoms. The van der Waals surface area contributed by atoms with Crippen molar-refractivity contribution in [3.05, 3.63) is 87.5 Å². The van der Waals surface area contributed by atoms with Gasteiger partial charge in [-0.05, 0) is 112 Å². The van der Waals surface area contributed by atoms with Crippen LogP contribution in [0, 0.1) is 35.5 Å². The SMILES string of the molecule is CCCCCCCCCCCCCCCCCCCCCC#CCC(CCCCC)CCc1ccccc1C1=C(CCCC)C(CCCCCCCC)=C(c2ccccc2CCC(CC#CCCCCCCCCCCCCCCCCCCCCC)CCCCC)[N+]1=[N-].[Ni]. The molecule has 2 aromatic rings. The van der Waals surface area contributed by atoms with Crippen LogP contribution in [-0.4, -0.2) is 4.70 Å². The number of hydrogen-bond acceptors (Lipinski definition) is 0. The Morgan fingerprint density at radius 3 is 0.832 bits per heavy atom. The monoisotopic (exact) mass is 1350 g/mol. The Morgan fingerprint density at radius 2 is 0.526 bits per heavy atom. The zero-order valence-electron chi connectivity index (χ0n) is 64.2. The van der Waals surface area contributed by atoms with Crippen LogP contribution in [0.4, 0.5) is 0 Å². The largest absolute Gasteiger partial charge is 0.493 e. The van der Waals surface area contributed by atoms with Crippen LogP contribution in [-0.2, 0) is 29.3 Å². The normalized spacial score (nSPS) is 12.9. The van der Waals surface area contributed by atoms with E-state index in [-0.39, 0.29) is 16.5 Å². The molecule has 0 saturated heterocycles. The Bertz CT molecular complexity index is 2280. The summed E-state index contributed by atoms with van der Waals surface area (Å²) in [7, 11) is 0. The van der Waals surface area contributed by atoms with Gasteiger partial charge in [0.25, 0.3) is 0 Å². The van der Waals surface area contributed by atoms with Gasteiger partial charge < -0.3 is 5.53 Å². The van der Waals surface area contributed by atoms with Crippen LogP contribution < -0.4 is 0 Å². The number of hydrogen-bond donors (Lipinski definition) is 0. The smallest absolute Gasteiger partial charge is 0.211 e. The van der Waals surface area contributed by atoms with Gasteiger partial charge in [0.1, 0.15) is 0 Å². The minimum absolute atomic E-state index is 0. The fourth-order valence-electron chi connectivity index (χ4n) is 15.1. The average molecular weight is 1350 g/mol. The fraction of sp³-hybridized carbons (Fsp3) is 0.783. The van der Waals surface area contributed by atoms with Crippen molar-refractivity contribution in [2.45, 2.75) is 452 Å². The van der Waals surface area contributed by atoms with E-state index in [2.05, 4.69) is 114 Å². The molecule has 0 saturated carbocycles. The summed E-state index contributed by atoms with van der Waals surface area (Å²) in [4.78, 5) is 0. The van der Waals surface area contributed by atoms with Gasteiger partial charge in [-0.15, -0.1) is 23.7 Å². The van der Waals surface area contributed by atoms with Crippen LogP contribution in [0.2, 0.25) is 0 Å². The average Bonchev–Trinajstić information content (AvgIpc) is 1.61. The molecule has 95 heavy (non-hydrogen) atoms. The van der Waals surface area contributed by atoms with Crippen molar-refractivity contribution in [1.82, 2.24) is 0 Å². The second kappa shape index (κ2) is 65.7. The molecule has 0 spiro atoms. The maximum absolute atomic E-state index is 13.1. The first kappa shape index (κ1) is 88.2. The molecule has 2 aromatic carbocycles. The van der Waals surface area contributed by atoms with Gasteiger partial charge in [0, 0.05) is 64.4 Å². The van der Waals surface area contributed by atoms with Crippen molar-refractivity contribution in [3.63, 3.8) is 0 Å². The fourth-order valence-corrected chi connectivity index (χ4v) is 15.1. The van der Waals surface area contributed by atoms with Crippen molar-refractivity contribution < 1.29 is 21.2 Å². The molecular weight excluding hydrogens is 1190 g/mol. The Morgan fingerprint density at radius 1 is 0.274 bits per heavy atom. The molecule has 1 heterocycles. The van der Waals surface area contributed by atoms with E-state index in [0.29, 0.717) is 11.8 Å². The maximum atomic E-state index is 13.1. The standard InChI is InChI=1S/C92H156N2.Ni/c1-7-13-19-22-25-27-29-31-33-35-37-39-41-43-45-47-49-51-53-55-57-62-71-83(69-60-16-10-4)79-81-85-73-65-67-76-87(85)91-89(75-18-12-6)90(78-64-59-24-21-15-9-3)92(94(91)93)88-77-68-66-74-86(88)82-80-84(70-61-17-11-5)72-63-58-56-54-52-50-48-46-44-42-40-38-36-34-32-30-28-26-23-20-14-8-2;/h65-68,73-74,76-77,83-84H,7-56,59-61,64,69-72,75,78-82H2,1-6H3;. The van der Waals surface area contributed by atoms with Gasteiger partial charge in [0.2, 0.25) is 11.4 Å². The first-order chi connectivity index (χ1) is 46.5. The Balaban J connectivity index is 0.0000307. The minimum Gasteiger partial charge on any atom is -0.493 e. The van der Waals surface area contributed by atoms with E-state index in [1.807, 2.05) is 0 Å². The van der Waals surface area contributed by atoms with Crippen LogP contribution in [0.25, 0.3) is 16.9 Å². The number of benzene rings is 2. The Hall–Kier alpha value is -2.87. The van der Waals surface area contributed by atoms with Crippen molar-refractivity contribution >= 4 is 11.4 Å². The number of allylic oxidation sites excluding steroid dienone is 2. The molecule has 0 amide bonds. The number of rotatable bonds is 66. The molecule has 0 aliphatic carbocycles. The second-order valence-electron chi connectivity index (χ2n) is 30.0. The second-order valence-corrected chi connectivity index (χ2v) is 30.0. The van der Waals surface area contributed by atoms with Gasteiger partial charge >= 0.3 is 0 Å². The van der Waals surface area contributed by atoms with Crippen LogP contribution in [0.5, 0.6) is 0 Å². The molecule has 0 radical (unpaired) electrons. The van der Waals surface area contributed by atoms with Crippen LogP contribution in [0.1, 0.15) is 462 Å². The molecule has 2 unspecified atom stereocenters. The van der Waals surface area contributed by atoms with Gasteiger partial charge in [0.15, 0.2) is 0 Å². The maximum Gasteiger partial charge on any atom is 0.211 e. The summed E-state index contributed by atoms with van der Waals surface area (Å²) in [5, 5.41) is 0. The van der Waals surface area contributed by atoms with Gasteiger partial charge in [-0.3, -0.25) is 0 Å². The third-order valence-corrected chi connectivity index (χ3v) is 21.4. The van der Waals surface area contributed by atoms with E-state index in [0.717, 1.165) is 88.4 Å². The Labute approximate surface area is 604 Å². The van der Waals surface area contributed by atoms with E-state index in [4.69, 9.17) is 0 Å². The summed E-state index contributed by atoms with van der Waals surface area (Å²) < 4.78 is 1.71. The number of aryl methyl sites for hydroxylation is 2. The first-order valence-electron chi connectivity index (χ1n) is 42.6. The van der Waals surface area contributed by atoms with E-state index in [9.17, 15) is 5.53 Å². The topological polar surface area (TPSA) is 25.3 Å². The van der Waals surface area contributed by atoms with Gasteiger partial charge in [-0.25, -0.2) is 4.70 Å². The molecule has 2 nitrogen and oxygen atoms in total. The van der Waals surface area contributed by atoms with Crippen LogP contribution >= 0.6 is 0 Å². The van der Waals surface area contributed by atoms with E-state index >= 15 is 0 Å². The quantitative estimate of drug-likeness (QED) is 0.0273. The van der Waals surface area contributed by atoms with E-state index in [1.54, 1.807) is 4.70 Å². The Kier molecular flexibility index (Phi) is 61.0. The molecule has 1 aliphatic rings. The predicted octanol–water partition coefficient (Wildman–Crippen LogP) is 31.5. The third kappa shape index (κ3) is 44.8. The summed E-state index contributed by atoms with van der Waals surface area (Å²) in [5.41, 5.74) is 23.3. The molecule has 1 aliphatic heterocycles. The minimum atomic E-state index is 0. The molecule has 0 bridgehead atoms. The zero-order chi connectivity index (χ0) is 67.1. The van der Waals surface area contributed by atoms with Crippen molar-refractivity contribution in [1.29, 1.82) is 0 Å². The third-order valence-electron chi connectivity index (χ3n) is 21.4. The number of nitrogens with zero attached hydrogens (tertiary/aromatic N) is 2. The summed E-state index contributed by atoms with van der Waals surface area (Å²) in [6, 6.07) is 18.4. The van der Waals surface area contributed by atoms with Crippen molar-refractivity contribution in [2.75, 3.05) is 0 Å². The van der Waals surface area contributed by atoms with Gasteiger partial charge in [-0.2, -0.15) is 0 Å².